The van der Waals surface area contributed by atoms with Crippen LogP contribution in [-0.2, 0) is 11.2 Å². The van der Waals surface area contributed by atoms with Crippen LogP contribution in [0.3, 0.4) is 0 Å². The predicted octanol–water partition coefficient (Wildman–Crippen LogP) is 2.26. The Hall–Kier alpha value is -3.15. The number of carbonyl (C=O) groups is 1. The van der Waals surface area contributed by atoms with Crippen molar-refractivity contribution in [2.45, 2.75) is 37.3 Å². The largest absolute Gasteiger partial charge is 0.394 e. The number of pyridine rings is 1. The monoisotopic (exact) mass is 371 g/mol. The number of carbonyl (C=O) groups excluding carboxylic acids is 1. The molecule has 5 nitrogen and oxygen atoms in total. The highest BCUT2D eigenvalue weighted by atomic mass is 16.3. The quantitative estimate of drug-likeness (QED) is 0.837. The van der Waals surface area contributed by atoms with Gasteiger partial charge in [0.05, 0.1) is 25.1 Å². The third-order valence-electron chi connectivity index (χ3n) is 5.37. The summed E-state index contributed by atoms with van der Waals surface area (Å²) in [4.78, 5) is 18.4. The summed E-state index contributed by atoms with van der Waals surface area (Å²) in [6, 6.07) is 14.5. The highest BCUT2D eigenvalue weighted by Crippen LogP contribution is 2.40. The molecular weight excluding hydrogens is 350 g/mol. The Morgan fingerprint density at radius 1 is 1.21 bits per heavy atom. The summed E-state index contributed by atoms with van der Waals surface area (Å²) >= 11 is 0. The van der Waals surface area contributed by atoms with Crippen LogP contribution in [-0.4, -0.2) is 39.6 Å². The second-order valence-electron chi connectivity index (χ2n) is 7.31. The Labute approximate surface area is 164 Å². The normalized spacial score (nSPS) is 23.1. The number of hydrogen-bond acceptors (Lipinski definition) is 4. The lowest BCUT2D eigenvalue weighted by Crippen LogP contribution is -2.65. The molecule has 28 heavy (non-hydrogen) atoms. The van der Waals surface area contributed by atoms with E-state index in [9.17, 15) is 15.2 Å². The molecule has 1 N–H and O–H groups in total. The molecule has 5 heteroatoms. The zero-order chi connectivity index (χ0) is 19.5. The second kappa shape index (κ2) is 7.84. The molecule has 0 bridgehead atoms. The van der Waals surface area contributed by atoms with E-state index in [1.807, 2.05) is 30.3 Å². The van der Waals surface area contributed by atoms with Gasteiger partial charge in [-0.3, -0.25) is 9.78 Å². The van der Waals surface area contributed by atoms with Crippen LogP contribution in [0.1, 0.15) is 35.6 Å². The SMILES string of the molecule is N#C[C@@H]1[C@@H](c2ccc(C#CC3CC3)cc2)[C@@H](CO)N1C(=O)Cc1ccccn1. The average molecular weight is 371 g/mol. The molecule has 0 radical (unpaired) electrons. The van der Waals surface area contributed by atoms with Crippen molar-refractivity contribution in [3.05, 3.63) is 65.5 Å². The average Bonchev–Trinajstić information content (AvgIpc) is 3.52. The van der Waals surface area contributed by atoms with Gasteiger partial charge in [0.25, 0.3) is 0 Å². The molecule has 1 aromatic heterocycles. The smallest absolute Gasteiger partial charge is 0.230 e. The Morgan fingerprint density at radius 3 is 2.61 bits per heavy atom. The van der Waals surface area contributed by atoms with Crippen molar-refractivity contribution in [2.75, 3.05) is 6.61 Å². The van der Waals surface area contributed by atoms with Gasteiger partial charge in [0, 0.05) is 29.3 Å². The number of nitrogens with zero attached hydrogens (tertiary/aromatic N) is 3. The van der Waals surface area contributed by atoms with Crippen molar-refractivity contribution < 1.29 is 9.90 Å². The number of benzene rings is 1. The van der Waals surface area contributed by atoms with Gasteiger partial charge in [0.2, 0.25) is 5.91 Å². The van der Waals surface area contributed by atoms with Gasteiger partial charge >= 0.3 is 0 Å². The lowest BCUT2D eigenvalue weighted by molar-refractivity contribution is -0.146. The van der Waals surface area contributed by atoms with E-state index in [-0.39, 0.29) is 24.9 Å². The van der Waals surface area contributed by atoms with E-state index < -0.39 is 12.1 Å². The van der Waals surface area contributed by atoms with Crippen LogP contribution >= 0.6 is 0 Å². The first kappa shape index (κ1) is 18.2. The first-order valence-corrected chi connectivity index (χ1v) is 9.54. The summed E-state index contributed by atoms with van der Waals surface area (Å²) in [5.41, 5.74) is 2.56. The molecule has 0 unspecified atom stereocenters. The lowest BCUT2D eigenvalue weighted by atomic mass is 9.75. The molecule has 1 amide bonds. The minimum Gasteiger partial charge on any atom is -0.394 e. The van der Waals surface area contributed by atoms with Crippen LogP contribution < -0.4 is 0 Å². The molecular formula is C23H21N3O2. The number of aliphatic hydroxyl groups is 1. The molecule has 1 aliphatic heterocycles. The van der Waals surface area contributed by atoms with Gasteiger partial charge in [0.15, 0.2) is 0 Å². The van der Waals surface area contributed by atoms with Gasteiger partial charge < -0.3 is 10.0 Å². The molecule has 4 rings (SSSR count). The summed E-state index contributed by atoms with van der Waals surface area (Å²) in [5.74, 6) is 6.57. The third kappa shape index (κ3) is 3.63. The van der Waals surface area contributed by atoms with E-state index >= 15 is 0 Å². The lowest BCUT2D eigenvalue weighted by Gasteiger charge is -2.51. The maximum absolute atomic E-state index is 12.7. The maximum Gasteiger partial charge on any atom is 0.230 e. The van der Waals surface area contributed by atoms with E-state index in [1.54, 1.807) is 18.3 Å². The van der Waals surface area contributed by atoms with Crippen LogP contribution in [0.25, 0.3) is 0 Å². The summed E-state index contributed by atoms with van der Waals surface area (Å²) in [6.07, 6.45) is 4.15. The van der Waals surface area contributed by atoms with Gasteiger partial charge in [-0.25, -0.2) is 0 Å². The Bertz CT molecular complexity index is 949. The first-order valence-electron chi connectivity index (χ1n) is 9.54. The third-order valence-corrected chi connectivity index (χ3v) is 5.37. The molecule has 2 heterocycles. The number of aliphatic hydroxyl groups excluding tert-OH is 1. The molecule has 3 atom stereocenters. The van der Waals surface area contributed by atoms with Crippen LogP contribution in [0.2, 0.25) is 0 Å². The molecule has 2 aliphatic rings. The topological polar surface area (TPSA) is 77.2 Å². The number of likely N-dealkylation sites (tertiary alicyclic amines) is 1. The van der Waals surface area contributed by atoms with Gasteiger partial charge in [-0.15, -0.1) is 0 Å². The molecule has 2 fully saturated rings. The van der Waals surface area contributed by atoms with Crippen LogP contribution in [0, 0.1) is 29.1 Å². The van der Waals surface area contributed by atoms with Crippen LogP contribution in [0.4, 0.5) is 0 Å². The summed E-state index contributed by atoms with van der Waals surface area (Å²) < 4.78 is 0. The molecule has 2 aromatic rings. The number of aromatic nitrogens is 1. The predicted molar refractivity (Wildman–Crippen MR) is 104 cm³/mol. The van der Waals surface area contributed by atoms with Gasteiger partial charge in [0.1, 0.15) is 6.04 Å². The molecule has 1 aromatic carbocycles. The fraction of sp³-hybridized carbons (Fsp3) is 0.348. The summed E-state index contributed by atoms with van der Waals surface area (Å²) in [6.45, 7) is -0.181. The van der Waals surface area contributed by atoms with Gasteiger partial charge in [-0.1, -0.05) is 30.0 Å². The van der Waals surface area contributed by atoms with E-state index in [4.69, 9.17) is 0 Å². The number of nitriles is 1. The maximum atomic E-state index is 12.7. The van der Waals surface area contributed by atoms with Crippen molar-refractivity contribution in [1.82, 2.24) is 9.88 Å². The van der Waals surface area contributed by atoms with Crippen LogP contribution in [0.15, 0.2) is 48.7 Å². The van der Waals surface area contributed by atoms with Crippen molar-refractivity contribution in [2.24, 2.45) is 5.92 Å². The highest BCUT2D eigenvalue weighted by Gasteiger charge is 2.51. The zero-order valence-corrected chi connectivity index (χ0v) is 15.5. The van der Waals surface area contributed by atoms with E-state index in [2.05, 4.69) is 22.9 Å². The molecule has 1 saturated heterocycles. The summed E-state index contributed by atoms with van der Waals surface area (Å²) in [7, 11) is 0. The zero-order valence-electron chi connectivity index (χ0n) is 15.5. The molecule has 0 spiro atoms. The molecule has 140 valence electrons. The minimum atomic E-state index is -0.586. The fourth-order valence-corrected chi connectivity index (χ4v) is 3.70. The van der Waals surface area contributed by atoms with Crippen molar-refractivity contribution in [1.29, 1.82) is 5.26 Å². The van der Waals surface area contributed by atoms with E-state index in [0.29, 0.717) is 11.6 Å². The van der Waals surface area contributed by atoms with Crippen molar-refractivity contribution in [3.8, 4) is 17.9 Å². The Balaban J connectivity index is 1.49. The number of rotatable bonds is 4. The second-order valence-corrected chi connectivity index (χ2v) is 7.31. The van der Waals surface area contributed by atoms with E-state index in [0.717, 1.165) is 11.1 Å². The van der Waals surface area contributed by atoms with Crippen molar-refractivity contribution in [3.63, 3.8) is 0 Å². The number of hydrogen-bond donors (Lipinski definition) is 1. The molecule has 1 aliphatic carbocycles. The number of amides is 1. The Kier molecular flexibility index (Phi) is 5.10. The highest BCUT2D eigenvalue weighted by molar-refractivity contribution is 5.81. The first-order chi connectivity index (χ1) is 13.7. The minimum absolute atomic E-state index is 0.123. The Morgan fingerprint density at radius 2 is 2.00 bits per heavy atom. The van der Waals surface area contributed by atoms with Gasteiger partial charge in [-0.05, 0) is 42.7 Å². The van der Waals surface area contributed by atoms with Crippen molar-refractivity contribution >= 4 is 5.91 Å². The molecule has 1 saturated carbocycles. The summed E-state index contributed by atoms with van der Waals surface area (Å²) in [5, 5.41) is 19.5. The van der Waals surface area contributed by atoms with Gasteiger partial charge in [-0.2, -0.15) is 5.26 Å². The fourth-order valence-electron chi connectivity index (χ4n) is 3.70. The standard InChI is InChI=1S/C23H21N3O2/c24-14-20-23(18-10-8-17(9-11-18)7-6-16-4-5-16)21(15-27)26(20)22(28)13-19-3-1-2-12-25-19/h1-3,8-12,16,20-21,23,27H,4-5,13,15H2/t20-,21-,23-/m1/s1. The van der Waals surface area contributed by atoms with E-state index in [1.165, 1.54) is 17.7 Å². The van der Waals surface area contributed by atoms with Crippen LogP contribution in [0.5, 0.6) is 0 Å².